The maximum atomic E-state index is 3.69. The molecule has 88 valence electrons. The van der Waals surface area contributed by atoms with Crippen molar-refractivity contribution in [2.75, 3.05) is 6.54 Å². The molecule has 1 atom stereocenters. The van der Waals surface area contributed by atoms with Crippen molar-refractivity contribution >= 4 is 0 Å². The average molecular weight is 217 g/mol. The van der Waals surface area contributed by atoms with E-state index in [9.17, 15) is 0 Å². The molecule has 0 amide bonds. The van der Waals surface area contributed by atoms with Crippen LogP contribution in [0.3, 0.4) is 0 Å². The highest BCUT2D eigenvalue weighted by Crippen LogP contribution is 2.30. The van der Waals surface area contributed by atoms with Crippen molar-refractivity contribution in [2.24, 2.45) is 5.41 Å². The van der Waals surface area contributed by atoms with Crippen molar-refractivity contribution in [2.45, 2.75) is 46.1 Å². The molecular formula is C15H23N. The van der Waals surface area contributed by atoms with E-state index in [1.165, 1.54) is 30.4 Å². The van der Waals surface area contributed by atoms with Crippen molar-refractivity contribution in [1.82, 2.24) is 5.32 Å². The number of nitrogens with one attached hydrogen (secondary N) is 1. The van der Waals surface area contributed by atoms with Gasteiger partial charge in [0.25, 0.3) is 0 Å². The van der Waals surface area contributed by atoms with Gasteiger partial charge in [0.05, 0.1) is 0 Å². The molecule has 1 aromatic carbocycles. The molecular weight excluding hydrogens is 194 g/mol. The Hall–Kier alpha value is -0.820. The third-order valence-electron chi connectivity index (χ3n) is 3.40. The molecule has 1 aliphatic carbocycles. The van der Waals surface area contributed by atoms with Gasteiger partial charge in [-0.2, -0.15) is 0 Å². The van der Waals surface area contributed by atoms with Crippen molar-refractivity contribution in [3.8, 4) is 0 Å². The lowest BCUT2D eigenvalue weighted by molar-refractivity contribution is 0.354. The van der Waals surface area contributed by atoms with Gasteiger partial charge < -0.3 is 5.32 Å². The molecule has 0 bridgehead atoms. The van der Waals surface area contributed by atoms with Gasteiger partial charge in [-0.1, -0.05) is 45.0 Å². The molecule has 0 aromatic heterocycles. The molecule has 16 heavy (non-hydrogen) atoms. The van der Waals surface area contributed by atoms with Crippen molar-refractivity contribution in [3.05, 3.63) is 35.4 Å². The summed E-state index contributed by atoms with van der Waals surface area (Å²) in [6.45, 7) is 8.04. The zero-order chi connectivity index (χ0) is 11.6. The lowest BCUT2D eigenvalue weighted by Gasteiger charge is -2.20. The van der Waals surface area contributed by atoms with E-state index in [2.05, 4.69) is 50.4 Å². The fraction of sp³-hybridized carbons (Fsp3) is 0.600. The minimum Gasteiger partial charge on any atom is -0.310 e. The summed E-state index contributed by atoms with van der Waals surface area (Å²) < 4.78 is 0. The van der Waals surface area contributed by atoms with Gasteiger partial charge in [0, 0.05) is 6.04 Å². The SMILES string of the molecule is CC(C)(C)CCNC1CCc2ccccc21. The highest BCUT2D eigenvalue weighted by atomic mass is 14.9. The first-order chi connectivity index (χ1) is 7.56. The van der Waals surface area contributed by atoms with Crippen LogP contribution in [0, 0.1) is 5.41 Å². The summed E-state index contributed by atoms with van der Waals surface area (Å²) in [5, 5.41) is 3.69. The van der Waals surface area contributed by atoms with Crippen LogP contribution < -0.4 is 5.32 Å². The number of hydrogen-bond acceptors (Lipinski definition) is 1. The normalized spacial score (nSPS) is 19.8. The Morgan fingerprint density at radius 1 is 1.25 bits per heavy atom. The van der Waals surface area contributed by atoms with E-state index in [-0.39, 0.29) is 0 Å². The predicted octanol–water partition coefficient (Wildman–Crippen LogP) is 3.70. The lowest BCUT2D eigenvalue weighted by atomic mass is 9.92. The van der Waals surface area contributed by atoms with Crippen molar-refractivity contribution in [3.63, 3.8) is 0 Å². The minimum atomic E-state index is 0.436. The Morgan fingerprint density at radius 2 is 2.00 bits per heavy atom. The summed E-state index contributed by atoms with van der Waals surface area (Å²) in [6, 6.07) is 9.44. The van der Waals surface area contributed by atoms with Crippen LogP contribution in [0.4, 0.5) is 0 Å². The molecule has 1 aromatic rings. The second-order valence-corrected chi connectivity index (χ2v) is 6.05. The van der Waals surface area contributed by atoms with Crippen molar-refractivity contribution < 1.29 is 0 Å². The van der Waals surface area contributed by atoms with Crippen LogP contribution in [-0.2, 0) is 6.42 Å². The molecule has 0 aliphatic heterocycles. The zero-order valence-electron chi connectivity index (χ0n) is 10.7. The molecule has 1 aliphatic rings. The summed E-state index contributed by atoms with van der Waals surface area (Å²) in [5.74, 6) is 0. The van der Waals surface area contributed by atoms with Crippen LogP contribution in [0.25, 0.3) is 0 Å². The van der Waals surface area contributed by atoms with Crippen LogP contribution in [-0.4, -0.2) is 6.54 Å². The maximum absolute atomic E-state index is 3.69. The van der Waals surface area contributed by atoms with E-state index in [0.717, 1.165) is 6.54 Å². The zero-order valence-corrected chi connectivity index (χ0v) is 10.7. The fourth-order valence-electron chi connectivity index (χ4n) is 2.39. The van der Waals surface area contributed by atoms with Gasteiger partial charge in [-0.3, -0.25) is 0 Å². The minimum absolute atomic E-state index is 0.436. The summed E-state index contributed by atoms with van der Waals surface area (Å²) >= 11 is 0. The van der Waals surface area contributed by atoms with Crippen LogP contribution in [0.5, 0.6) is 0 Å². The van der Waals surface area contributed by atoms with E-state index < -0.39 is 0 Å². The molecule has 0 spiro atoms. The second-order valence-electron chi connectivity index (χ2n) is 6.05. The third kappa shape index (κ3) is 2.85. The fourth-order valence-corrected chi connectivity index (χ4v) is 2.39. The number of rotatable bonds is 3. The van der Waals surface area contributed by atoms with E-state index >= 15 is 0 Å². The number of benzene rings is 1. The Balaban J connectivity index is 1.89. The second kappa shape index (κ2) is 4.58. The summed E-state index contributed by atoms with van der Waals surface area (Å²) in [7, 11) is 0. The quantitative estimate of drug-likeness (QED) is 0.814. The van der Waals surface area contributed by atoms with E-state index in [1.54, 1.807) is 0 Å². The smallest absolute Gasteiger partial charge is 0.0326 e. The molecule has 1 unspecified atom stereocenters. The Labute approximate surface area is 99.3 Å². The maximum Gasteiger partial charge on any atom is 0.0326 e. The van der Waals surface area contributed by atoms with E-state index in [0.29, 0.717) is 11.5 Å². The molecule has 2 rings (SSSR count). The summed E-state index contributed by atoms with van der Waals surface area (Å²) in [5.41, 5.74) is 3.50. The molecule has 1 heteroatoms. The van der Waals surface area contributed by atoms with Gasteiger partial charge in [0.2, 0.25) is 0 Å². The molecule has 0 saturated heterocycles. The number of hydrogen-bond donors (Lipinski definition) is 1. The van der Waals surface area contributed by atoms with Gasteiger partial charge in [-0.05, 0) is 42.3 Å². The van der Waals surface area contributed by atoms with Crippen LogP contribution in [0.2, 0.25) is 0 Å². The number of fused-ring (bicyclic) bond motifs is 1. The van der Waals surface area contributed by atoms with Crippen LogP contribution in [0.15, 0.2) is 24.3 Å². The predicted molar refractivity (Wildman–Crippen MR) is 69.6 cm³/mol. The first kappa shape index (κ1) is 11.7. The van der Waals surface area contributed by atoms with Gasteiger partial charge in [0.15, 0.2) is 0 Å². The third-order valence-corrected chi connectivity index (χ3v) is 3.40. The van der Waals surface area contributed by atoms with Crippen molar-refractivity contribution in [1.29, 1.82) is 0 Å². The molecule has 1 nitrogen and oxygen atoms in total. The van der Waals surface area contributed by atoms with Gasteiger partial charge in [-0.25, -0.2) is 0 Å². The van der Waals surface area contributed by atoms with E-state index in [4.69, 9.17) is 0 Å². The van der Waals surface area contributed by atoms with Gasteiger partial charge in [0.1, 0.15) is 0 Å². The molecule has 0 heterocycles. The van der Waals surface area contributed by atoms with Gasteiger partial charge >= 0.3 is 0 Å². The van der Waals surface area contributed by atoms with Crippen LogP contribution in [0.1, 0.15) is 50.8 Å². The monoisotopic (exact) mass is 217 g/mol. The highest BCUT2D eigenvalue weighted by molar-refractivity contribution is 5.34. The van der Waals surface area contributed by atoms with Gasteiger partial charge in [-0.15, -0.1) is 0 Å². The highest BCUT2D eigenvalue weighted by Gasteiger charge is 2.21. The molecule has 1 N–H and O–H groups in total. The standard InChI is InChI=1S/C15H23N/c1-15(2,3)10-11-16-14-9-8-12-6-4-5-7-13(12)14/h4-7,14,16H,8-11H2,1-3H3. The molecule has 0 fully saturated rings. The summed E-state index contributed by atoms with van der Waals surface area (Å²) in [4.78, 5) is 0. The Kier molecular flexibility index (Phi) is 3.34. The summed E-state index contributed by atoms with van der Waals surface area (Å²) in [6.07, 6.45) is 3.75. The average Bonchev–Trinajstić information content (AvgIpc) is 2.60. The number of aryl methyl sites for hydroxylation is 1. The molecule has 0 saturated carbocycles. The first-order valence-electron chi connectivity index (χ1n) is 6.37. The largest absolute Gasteiger partial charge is 0.310 e. The van der Waals surface area contributed by atoms with Crippen LogP contribution >= 0.6 is 0 Å². The first-order valence-corrected chi connectivity index (χ1v) is 6.37. The lowest BCUT2D eigenvalue weighted by Crippen LogP contribution is -2.24. The van der Waals surface area contributed by atoms with E-state index in [1.807, 2.05) is 0 Å². The Bertz CT molecular complexity index is 349. The molecule has 0 radical (unpaired) electrons. The Morgan fingerprint density at radius 3 is 2.75 bits per heavy atom. The topological polar surface area (TPSA) is 12.0 Å².